The minimum Gasteiger partial charge on any atom is -0.480 e. The number of carbonyl (C=O) groups is 6. The topological polar surface area (TPSA) is 365 Å². The van der Waals surface area contributed by atoms with Crippen LogP contribution in [0.3, 0.4) is 0 Å². The predicted molar refractivity (Wildman–Crippen MR) is 194 cm³/mol. The summed E-state index contributed by atoms with van der Waals surface area (Å²) in [4.78, 5) is 73.2. The maximum absolute atomic E-state index is 11.0. The van der Waals surface area contributed by atoms with Crippen molar-refractivity contribution in [2.75, 3.05) is 81.6 Å². The Morgan fingerprint density at radius 3 is 0.458 bits per heavy atom. The molecule has 0 heterocycles. The molecule has 12 N–H and O–H groups in total. The molecule has 2 rings (SSSR count). The van der Waals surface area contributed by atoms with E-state index in [1.54, 1.807) is 0 Å². The van der Waals surface area contributed by atoms with E-state index in [9.17, 15) is 59.4 Å². The van der Waals surface area contributed by atoms with Crippen molar-refractivity contribution in [3.63, 3.8) is 0 Å². The van der Waals surface area contributed by atoms with Crippen molar-refractivity contribution in [2.45, 2.75) is 87.7 Å². The van der Waals surface area contributed by atoms with Gasteiger partial charge >= 0.3 is 35.8 Å². The number of aliphatic carboxylic acids is 6. The molecule has 0 radical (unpaired) electrons. The van der Waals surface area contributed by atoms with Gasteiger partial charge in [0.2, 0.25) is 0 Å². The van der Waals surface area contributed by atoms with Crippen molar-refractivity contribution in [3.8, 4) is 0 Å². The number of carboxylic acid groups (broad SMARTS) is 6. The molecule has 2 saturated carbocycles. The van der Waals surface area contributed by atoms with Crippen LogP contribution < -0.4 is 0 Å². The molecule has 0 saturated heterocycles. The zero-order valence-corrected chi connectivity index (χ0v) is 37.1. The number of hydrogen-bond donors (Lipinski definition) is 12. The summed E-state index contributed by atoms with van der Waals surface area (Å²) in [5.74, 6) is -7.28. The van der Waals surface area contributed by atoms with Crippen LogP contribution in [0.2, 0.25) is 0 Å². The van der Waals surface area contributed by atoms with Crippen LogP contribution in [0.25, 0.3) is 0 Å². The second kappa shape index (κ2) is 31.0. The van der Waals surface area contributed by atoms with Crippen LogP contribution in [-0.4, -0.2) is 281 Å². The fourth-order valence-electron chi connectivity index (χ4n) is 7.47. The van der Waals surface area contributed by atoms with Crippen molar-refractivity contribution < 1.29 is 202 Å². The number of nitrogens with zero attached hydrogens (tertiary/aromatic N) is 6. The third-order valence-corrected chi connectivity index (χ3v) is 9.56. The van der Waals surface area contributed by atoms with E-state index in [4.69, 9.17) is 30.6 Å². The third kappa shape index (κ3) is 19.8. The SMILES string of the molecule is C.C.CN(CC(=O)O)C1C(O)C(N(C)CC(=O)O)C(O)C(N(C)CC(=O)O)C1O.CN(CC(=O)O)C1C(O)C(N(C)CC(=O)O)C(O)C(N(C)CC(=O)O)C1O.[Er].[Er].[Er]. The van der Waals surface area contributed by atoms with Crippen LogP contribution in [0.15, 0.2) is 0 Å². The molecule has 364 valence electrons. The molecular weight excluding hydrogens is 1260 g/mol. The van der Waals surface area contributed by atoms with E-state index in [2.05, 4.69) is 0 Å². The normalized spacial score (nSPS) is 28.8. The first-order chi connectivity index (χ1) is 24.8. The Bertz CT molecular complexity index is 1060. The number of rotatable bonds is 18. The van der Waals surface area contributed by atoms with Gasteiger partial charge in [-0.2, -0.15) is 0 Å². The molecule has 0 aromatic heterocycles. The van der Waals surface area contributed by atoms with Gasteiger partial charge in [-0.1, -0.05) is 14.9 Å². The van der Waals surface area contributed by atoms with Crippen molar-refractivity contribution in [1.82, 2.24) is 29.4 Å². The molecule has 2 aliphatic carbocycles. The second-order valence-electron chi connectivity index (χ2n) is 13.7. The van der Waals surface area contributed by atoms with Gasteiger partial charge < -0.3 is 61.3 Å². The molecule has 0 atom stereocenters. The van der Waals surface area contributed by atoms with Gasteiger partial charge in [0.25, 0.3) is 0 Å². The number of carboxylic acids is 6. The van der Waals surface area contributed by atoms with Crippen LogP contribution in [0.4, 0.5) is 0 Å². The van der Waals surface area contributed by atoms with Crippen LogP contribution in [0, 0.1) is 112 Å². The predicted octanol–water partition coefficient (Wildman–Crippen LogP) is -6.25. The van der Waals surface area contributed by atoms with Gasteiger partial charge in [-0.25, -0.2) is 0 Å². The van der Waals surface area contributed by atoms with E-state index in [0.29, 0.717) is 0 Å². The van der Waals surface area contributed by atoms with Crippen LogP contribution in [-0.2, 0) is 28.8 Å². The average Bonchev–Trinajstić information content (AvgIpc) is 2.94. The van der Waals surface area contributed by atoms with Gasteiger partial charge in [0.05, 0.1) is 112 Å². The van der Waals surface area contributed by atoms with E-state index in [1.807, 2.05) is 0 Å². The smallest absolute Gasteiger partial charge is 0.317 e. The number of likely N-dealkylation sites (N-methyl/N-ethyl adjacent to an activating group) is 6. The summed E-state index contributed by atoms with van der Waals surface area (Å²) in [5, 5.41) is 118. The summed E-state index contributed by atoms with van der Waals surface area (Å²) in [6.45, 7) is -3.17. The molecule has 2 aliphatic rings. The van der Waals surface area contributed by atoms with E-state index in [-0.39, 0.29) is 127 Å². The Labute approximate surface area is 431 Å². The number of hydrogen-bond acceptors (Lipinski definition) is 18. The first kappa shape index (κ1) is 68.1. The van der Waals surface area contributed by atoms with Gasteiger partial charge in [-0.05, 0) is 42.3 Å². The molecule has 24 nitrogen and oxygen atoms in total. The minimum atomic E-state index is -1.49. The molecule has 0 spiro atoms. The summed E-state index contributed by atoms with van der Waals surface area (Å²) in [6, 6.07) is -7.04. The van der Waals surface area contributed by atoms with Gasteiger partial charge in [0, 0.05) is 112 Å². The first-order valence-electron chi connectivity index (χ1n) is 16.4. The van der Waals surface area contributed by atoms with Crippen molar-refractivity contribution in [3.05, 3.63) is 0 Å². The maximum Gasteiger partial charge on any atom is 0.317 e. The second-order valence-corrected chi connectivity index (χ2v) is 13.7. The van der Waals surface area contributed by atoms with Crippen molar-refractivity contribution >= 4 is 35.8 Å². The standard InChI is InChI=1S/2C15H27N3O9.2CH4.3Er/c2*1-16(4-7(19)20)10-13(25)11(17(2)5-8(21)22)15(27)12(14(10)26)18(3)6-9(23)24;;;;;/h2*10-15,25-27H,4-6H2,1-3H3,(H,19,20)(H,21,22)(H,23,24);2*1H4;;;. The molecule has 59 heavy (non-hydrogen) atoms. The molecule has 27 heteroatoms. The van der Waals surface area contributed by atoms with Gasteiger partial charge in [-0.3, -0.25) is 58.2 Å². The molecule has 0 aromatic carbocycles. The largest absolute Gasteiger partial charge is 0.480 e. The Kier molecular flexibility index (Phi) is 35.8. The molecule has 0 unspecified atom stereocenters. The Morgan fingerprint density at radius 1 is 0.305 bits per heavy atom. The Hall–Kier alpha value is 0.0803. The van der Waals surface area contributed by atoms with E-state index in [1.165, 1.54) is 71.7 Å². The quantitative estimate of drug-likeness (QED) is 0.0607. The zero-order valence-electron chi connectivity index (χ0n) is 31.5. The fraction of sp³-hybridized carbons (Fsp3) is 0.812. The minimum absolute atomic E-state index is 0. The summed E-state index contributed by atoms with van der Waals surface area (Å²) < 4.78 is 0. The average molecular weight is 1320 g/mol. The zero-order chi connectivity index (χ0) is 42.1. The molecule has 2 fully saturated rings. The molecule has 0 amide bonds. The summed E-state index contributed by atoms with van der Waals surface area (Å²) >= 11 is 0. The molecular formula is C32H62Er3N6O18. The van der Waals surface area contributed by atoms with Gasteiger partial charge in [0.1, 0.15) is 0 Å². The first-order valence-corrected chi connectivity index (χ1v) is 16.4. The van der Waals surface area contributed by atoms with Crippen LogP contribution in [0.1, 0.15) is 14.9 Å². The third-order valence-electron chi connectivity index (χ3n) is 9.56. The van der Waals surface area contributed by atoms with Crippen LogP contribution in [0.5, 0.6) is 0 Å². The van der Waals surface area contributed by atoms with Crippen molar-refractivity contribution in [2.24, 2.45) is 0 Å². The fourth-order valence-corrected chi connectivity index (χ4v) is 7.47. The maximum atomic E-state index is 11.0. The van der Waals surface area contributed by atoms with Gasteiger partial charge in [-0.15, -0.1) is 0 Å². The molecule has 0 aromatic rings. The Balaban J connectivity index is -0.000000304. The van der Waals surface area contributed by atoms with Crippen molar-refractivity contribution in [1.29, 1.82) is 0 Å². The number of aliphatic hydroxyl groups is 6. The van der Waals surface area contributed by atoms with E-state index in [0.717, 1.165) is 0 Å². The van der Waals surface area contributed by atoms with Crippen LogP contribution >= 0.6 is 0 Å². The Morgan fingerprint density at radius 2 is 0.390 bits per heavy atom. The summed E-state index contributed by atoms with van der Waals surface area (Å²) in [5.41, 5.74) is 0. The molecule has 0 bridgehead atoms. The van der Waals surface area contributed by atoms with Gasteiger partial charge in [0.15, 0.2) is 0 Å². The summed E-state index contributed by atoms with van der Waals surface area (Å²) in [7, 11) is 8.12. The summed E-state index contributed by atoms with van der Waals surface area (Å²) in [6.07, 6.45) is -8.93. The van der Waals surface area contributed by atoms with E-state index >= 15 is 0 Å². The van der Waals surface area contributed by atoms with E-state index < -0.39 is 148 Å². The molecule has 0 aliphatic heterocycles. The number of aliphatic hydroxyl groups excluding tert-OH is 6. The monoisotopic (exact) mass is 1320 g/mol.